The molecule has 2 nitrogen and oxygen atoms in total. The Morgan fingerprint density at radius 3 is 2.71 bits per heavy atom. The van der Waals surface area contributed by atoms with Crippen LogP contribution in [0.5, 0.6) is 0 Å². The fourth-order valence-electron chi connectivity index (χ4n) is 3.62. The zero-order valence-electron chi connectivity index (χ0n) is 11.8. The maximum absolute atomic E-state index is 3.59. The van der Waals surface area contributed by atoms with E-state index in [0.717, 1.165) is 17.9 Å². The van der Waals surface area contributed by atoms with Crippen LogP contribution in [0.2, 0.25) is 0 Å². The number of hydrogen-bond donors (Lipinski definition) is 1. The Bertz CT molecular complexity index is 213. The lowest BCUT2D eigenvalue weighted by molar-refractivity contribution is 0.0617. The molecule has 2 aliphatic rings. The van der Waals surface area contributed by atoms with Crippen molar-refractivity contribution in [3.63, 3.8) is 0 Å². The smallest absolute Gasteiger partial charge is 0.0124 e. The molecule has 1 aliphatic heterocycles. The van der Waals surface area contributed by atoms with Gasteiger partial charge in [0.2, 0.25) is 0 Å². The molecule has 100 valence electrons. The predicted molar refractivity (Wildman–Crippen MR) is 74.3 cm³/mol. The quantitative estimate of drug-likeness (QED) is 0.741. The molecule has 17 heavy (non-hydrogen) atoms. The van der Waals surface area contributed by atoms with Gasteiger partial charge < -0.3 is 5.32 Å². The second kappa shape index (κ2) is 6.75. The van der Waals surface area contributed by atoms with Gasteiger partial charge in [0.15, 0.2) is 0 Å². The van der Waals surface area contributed by atoms with E-state index in [4.69, 9.17) is 0 Å². The van der Waals surface area contributed by atoms with Gasteiger partial charge in [-0.25, -0.2) is 0 Å². The first kappa shape index (κ1) is 13.4. The first-order valence-corrected chi connectivity index (χ1v) is 7.72. The minimum absolute atomic E-state index is 0.777. The van der Waals surface area contributed by atoms with Crippen molar-refractivity contribution in [1.82, 2.24) is 10.2 Å². The van der Waals surface area contributed by atoms with E-state index in [9.17, 15) is 0 Å². The van der Waals surface area contributed by atoms with Crippen LogP contribution in [-0.4, -0.2) is 37.1 Å². The molecule has 2 heteroatoms. The van der Waals surface area contributed by atoms with E-state index in [0.29, 0.717) is 0 Å². The predicted octanol–water partition coefficient (Wildman–Crippen LogP) is 2.89. The van der Waals surface area contributed by atoms with Crippen LogP contribution in [0.15, 0.2) is 0 Å². The van der Waals surface area contributed by atoms with Crippen molar-refractivity contribution in [3.8, 4) is 0 Å². The number of piperidine rings is 1. The van der Waals surface area contributed by atoms with Gasteiger partial charge in [-0.3, -0.25) is 4.90 Å². The van der Waals surface area contributed by atoms with Crippen molar-refractivity contribution >= 4 is 0 Å². The fraction of sp³-hybridized carbons (Fsp3) is 1.00. The van der Waals surface area contributed by atoms with Crippen LogP contribution in [0.4, 0.5) is 0 Å². The van der Waals surface area contributed by atoms with Gasteiger partial charge in [-0.1, -0.05) is 26.7 Å². The Hall–Kier alpha value is -0.0800. The van der Waals surface area contributed by atoms with Gasteiger partial charge in [0.05, 0.1) is 0 Å². The summed E-state index contributed by atoms with van der Waals surface area (Å²) >= 11 is 0. The molecule has 0 radical (unpaired) electrons. The van der Waals surface area contributed by atoms with Gasteiger partial charge in [0, 0.05) is 19.1 Å². The van der Waals surface area contributed by atoms with E-state index in [-0.39, 0.29) is 0 Å². The maximum Gasteiger partial charge on any atom is 0.0124 e. The lowest BCUT2D eigenvalue weighted by Crippen LogP contribution is -2.49. The van der Waals surface area contributed by atoms with Crippen LogP contribution < -0.4 is 5.32 Å². The maximum atomic E-state index is 3.59. The average molecular weight is 238 g/mol. The van der Waals surface area contributed by atoms with Crippen LogP contribution >= 0.6 is 0 Å². The standard InChI is InChI=1S/C15H30N2/c1-13(2)12-16-9-11-17-10-5-7-14-6-3-4-8-15(14)17/h13-16H,3-12H2,1-2H3/t14-,15-/m1/s1. The van der Waals surface area contributed by atoms with Crippen LogP contribution in [-0.2, 0) is 0 Å². The first-order valence-electron chi connectivity index (χ1n) is 7.72. The number of fused-ring (bicyclic) bond motifs is 1. The molecule has 0 aromatic rings. The highest BCUT2D eigenvalue weighted by Gasteiger charge is 2.32. The third-order valence-electron chi connectivity index (χ3n) is 4.49. The Morgan fingerprint density at radius 1 is 1.12 bits per heavy atom. The number of rotatable bonds is 5. The monoisotopic (exact) mass is 238 g/mol. The summed E-state index contributed by atoms with van der Waals surface area (Å²) in [6, 6.07) is 0.929. The van der Waals surface area contributed by atoms with Crippen LogP contribution in [0.1, 0.15) is 52.4 Å². The molecule has 2 fully saturated rings. The van der Waals surface area contributed by atoms with E-state index in [1.165, 1.54) is 64.7 Å². The minimum atomic E-state index is 0.777. The topological polar surface area (TPSA) is 15.3 Å². The molecule has 0 spiro atoms. The minimum Gasteiger partial charge on any atom is -0.315 e. The van der Waals surface area contributed by atoms with Crippen molar-refractivity contribution in [3.05, 3.63) is 0 Å². The SMILES string of the molecule is CC(C)CNCCN1CCC[C@H]2CCCC[C@H]21. The lowest BCUT2D eigenvalue weighted by atomic mass is 9.78. The van der Waals surface area contributed by atoms with E-state index < -0.39 is 0 Å². The van der Waals surface area contributed by atoms with E-state index in [1.54, 1.807) is 0 Å². The van der Waals surface area contributed by atoms with Gasteiger partial charge in [0.25, 0.3) is 0 Å². The molecule has 0 bridgehead atoms. The zero-order valence-corrected chi connectivity index (χ0v) is 11.8. The highest BCUT2D eigenvalue weighted by molar-refractivity contribution is 4.87. The summed E-state index contributed by atoms with van der Waals surface area (Å²) < 4.78 is 0. The molecule has 1 saturated carbocycles. The molecular formula is C15H30N2. The Labute approximate surface area is 107 Å². The number of hydrogen-bond acceptors (Lipinski definition) is 2. The van der Waals surface area contributed by atoms with Crippen molar-refractivity contribution in [2.45, 2.75) is 58.4 Å². The largest absolute Gasteiger partial charge is 0.315 e. The summed E-state index contributed by atoms with van der Waals surface area (Å²) in [6.45, 7) is 9.54. The summed E-state index contributed by atoms with van der Waals surface area (Å²) in [4.78, 5) is 2.78. The van der Waals surface area contributed by atoms with E-state index in [2.05, 4.69) is 24.1 Å². The molecule has 0 aromatic carbocycles. The third-order valence-corrected chi connectivity index (χ3v) is 4.49. The summed E-state index contributed by atoms with van der Waals surface area (Å²) in [5.74, 6) is 1.81. The molecule has 0 aromatic heterocycles. The van der Waals surface area contributed by atoms with Crippen LogP contribution in [0.25, 0.3) is 0 Å². The van der Waals surface area contributed by atoms with Crippen molar-refractivity contribution in [2.75, 3.05) is 26.2 Å². The summed E-state index contributed by atoms with van der Waals surface area (Å²) in [7, 11) is 0. The van der Waals surface area contributed by atoms with E-state index in [1.807, 2.05) is 0 Å². The third kappa shape index (κ3) is 3.96. The zero-order chi connectivity index (χ0) is 12.1. The molecule has 0 unspecified atom stereocenters. The Kier molecular flexibility index (Phi) is 5.30. The van der Waals surface area contributed by atoms with Crippen LogP contribution in [0.3, 0.4) is 0 Å². The Morgan fingerprint density at radius 2 is 1.88 bits per heavy atom. The number of nitrogens with one attached hydrogen (secondary N) is 1. The van der Waals surface area contributed by atoms with E-state index >= 15 is 0 Å². The molecule has 1 heterocycles. The van der Waals surface area contributed by atoms with Crippen LogP contribution in [0, 0.1) is 11.8 Å². The summed E-state index contributed by atoms with van der Waals surface area (Å²) in [5, 5.41) is 3.59. The van der Waals surface area contributed by atoms with Gasteiger partial charge in [-0.05, 0) is 50.6 Å². The molecule has 1 N–H and O–H groups in total. The van der Waals surface area contributed by atoms with Gasteiger partial charge in [-0.2, -0.15) is 0 Å². The number of likely N-dealkylation sites (tertiary alicyclic amines) is 1. The van der Waals surface area contributed by atoms with Crippen molar-refractivity contribution in [2.24, 2.45) is 11.8 Å². The molecule has 2 atom stereocenters. The second-order valence-electron chi connectivity index (χ2n) is 6.39. The molecule has 1 aliphatic carbocycles. The second-order valence-corrected chi connectivity index (χ2v) is 6.39. The highest BCUT2D eigenvalue weighted by atomic mass is 15.2. The van der Waals surface area contributed by atoms with Crippen molar-refractivity contribution in [1.29, 1.82) is 0 Å². The molecule has 1 saturated heterocycles. The number of nitrogens with zero attached hydrogens (tertiary/aromatic N) is 1. The summed E-state index contributed by atoms with van der Waals surface area (Å²) in [6.07, 6.45) is 8.86. The molecular weight excluding hydrogens is 208 g/mol. The summed E-state index contributed by atoms with van der Waals surface area (Å²) in [5.41, 5.74) is 0. The normalized spacial score (nSPS) is 30.5. The van der Waals surface area contributed by atoms with Crippen molar-refractivity contribution < 1.29 is 0 Å². The van der Waals surface area contributed by atoms with Gasteiger partial charge in [0.1, 0.15) is 0 Å². The molecule has 0 amide bonds. The molecule has 2 rings (SSSR count). The fourth-order valence-corrected chi connectivity index (χ4v) is 3.62. The lowest BCUT2D eigenvalue weighted by Gasteiger charge is -2.44. The Balaban J connectivity index is 1.71. The average Bonchev–Trinajstić information content (AvgIpc) is 2.34. The highest BCUT2D eigenvalue weighted by Crippen LogP contribution is 2.34. The van der Waals surface area contributed by atoms with Gasteiger partial charge >= 0.3 is 0 Å². The van der Waals surface area contributed by atoms with Gasteiger partial charge in [-0.15, -0.1) is 0 Å². The first-order chi connectivity index (χ1) is 8.27.